The normalized spacial score (nSPS) is 46.4. The van der Waals surface area contributed by atoms with Crippen molar-refractivity contribution in [1.29, 1.82) is 0 Å². The highest BCUT2D eigenvalue weighted by atomic mass is 79.9. The molecule has 2 bridgehead atoms. The van der Waals surface area contributed by atoms with E-state index in [0.717, 1.165) is 28.5 Å². The molecule has 2 saturated carbocycles. The Morgan fingerprint density at radius 1 is 0.938 bits per heavy atom. The van der Waals surface area contributed by atoms with Crippen molar-refractivity contribution in [2.24, 2.45) is 23.7 Å². The Morgan fingerprint density at radius 2 is 1.75 bits per heavy atom. The van der Waals surface area contributed by atoms with E-state index in [2.05, 4.69) is 28.1 Å². The number of hydrogen-bond acceptors (Lipinski definition) is 0. The van der Waals surface area contributed by atoms with Crippen LogP contribution in [0, 0.1) is 23.7 Å². The predicted octanol–water partition coefficient (Wildman–Crippen LogP) is 4.93. The van der Waals surface area contributed by atoms with Crippen LogP contribution in [0.25, 0.3) is 0 Å². The third-order valence-corrected chi connectivity index (χ3v) is 6.05. The first-order chi connectivity index (χ1) is 7.81. The summed E-state index contributed by atoms with van der Waals surface area (Å²) in [6.45, 7) is 0. The van der Waals surface area contributed by atoms with Crippen LogP contribution < -0.4 is 0 Å². The number of fused-ring (bicyclic) bond motifs is 2. The highest BCUT2D eigenvalue weighted by molar-refractivity contribution is 9.09. The number of rotatable bonds is 3. The van der Waals surface area contributed by atoms with Crippen LogP contribution in [-0.2, 0) is 0 Å². The quantitative estimate of drug-likeness (QED) is 0.509. The van der Waals surface area contributed by atoms with Crippen LogP contribution in [0.5, 0.6) is 0 Å². The molecule has 0 aromatic heterocycles. The molecule has 16 heavy (non-hydrogen) atoms. The molecule has 0 N–H and O–H groups in total. The molecule has 3 atom stereocenters. The standard InChI is InChI=1S/C15H23Br/c16-15-7-3-11(4-8-15)1-5-13-9-12-2-6-14(13)10-12/h2,6,11-15H,1,3-5,7-10H2. The predicted molar refractivity (Wildman–Crippen MR) is 72.8 cm³/mol. The van der Waals surface area contributed by atoms with Crippen LogP contribution in [0.1, 0.15) is 51.4 Å². The molecule has 3 aliphatic rings. The summed E-state index contributed by atoms with van der Waals surface area (Å²) in [7, 11) is 0. The van der Waals surface area contributed by atoms with Crippen LogP contribution in [0.3, 0.4) is 0 Å². The average molecular weight is 283 g/mol. The lowest BCUT2D eigenvalue weighted by molar-refractivity contribution is 0.298. The molecule has 0 radical (unpaired) electrons. The van der Waals surface area contributed by atoms with Crippen LogP contribution in [0.2, 0.25) is 0 Å². The van der Waals surface area contributed by atoms with Gasteiger partial charge in [0.1, 0.15) is 0 Å². The van der Waals surface area contributed by atoms with Crippen molar-refractivity contribution in [2.75, 3.05) is 0 Å². The van der Waals surface area contributed by atoms with Gasteiger partial charge in [0.15, 0.2) is 0 Å². The van der Waals surface area contributed by atoms with E-state index in [-0.39, 0.29) is 0 Å². The topological polar surface area (TPSA) is 0 Å². The minimum absolute atomic E-state index is 0.828. The molecule has 0 nitrogen and oxygen atoms in total. The van der Waals surface area contributed by atoms with E-state index in [9.17, 15) is 0 Å². The van der Waals surface area contributed by atoms with Crippen LogP contribution in [-0.4, -0.2) is 4.83 Å². The summed E-state index contributed by atoms with van der Waals surface area (Å²) in [5, 5.41) is 0. The molecule has 0 aliphatic heterocycles. The Labute approximate surface area is 108 Å². The lowest BCUT2D eigenvalue weighted by atomic mass is 9.81. The number of halogens is 1. The second-order valence-corrected chi connectivity index (χ2v) is 7.53. The molecule has 0 saturated heterocycles. The highest BCUT2D eigenvalue weighted by Crippen LogP contribution is 2.46. The van der Waals surface area contributed by atoms with E-state index >= 15 is 0 Å². The highest BCUT2D eigenvalue weighted by Gasteiger charge is 2.35. The van der Waals surface area contributed by atoms with Crippen molar-refractivity contribution in [3.8, 4) is 0 Å². The van der Waals surface area contributed by atoms with Crippen LogP contribution in [0.4, 0.5) is 0 Å². The van der Waals surface area contributed by atoms with Crippen molar-refractivity contribution in [2.45, 2.75) is 56.2 Å². The minimum atomic E-state index is 0.828. The summed E-state index contributed by atoms with van der Waals surface area (Å²) in [4.78, 5) is 0.828. The molecule has 90 valence electrons. The van der Waals surface area contributed by atoms with Crippen molar-refractivity contribution in [3.05, 3.63) is 12.2 Å². The molecule has 3 aliphatic carbocycles. The maximum Gasteiger partial charge on any atom is 0.0146 e. The second-order valence-electron chi connectivity index (χ2n) is 6.24. The zero-order valence-corrected chi connectivity index (χ0v) is 11.7. The van der Waals surface area contributed by atoms with Gasteiger partial charge in [0, 0.05) is 4.83 Å². The zero-order chi connectivity index (χ0) is 11.0. The van der Waals surface area contributed by atoms with Gasteiger partial charge in [-0.3, -0.25) is 0 Å². The van der Waals surface area contributed by atoms with E-state index in [4.69, 9.17) is 0 Å². The van der Waals surface area contributed by atoms with Gasteiger partial charge in [-0.05, 0) is 68.6 Å². The van der Waals surface area contributed by atoms with Gasteiger partial charge in [-0.1, -0.05) is 34.5 Å². The van der Waals surface area contributed by atoms with Crippen LogP contribution in [0.15, 0.2) is 12.2 Å². The molecule has 0 spiro atoms. The van der Waals surface area contributed by atoms with E-state index < -0.39 is 0 Å². The van der Waals surface area contributed by atoms with Gasteiger partial charge in [-0.25, -0.2) is 0 Å². The van der Waals surface area contributed by atoms with Crippen molar-refractivity contribution in [3.63, 3.8) is 0 Å². The molecular weight excluding hydrogens is 260 g/mol. The summed E-state index contributed by atoms with van der Waals surface area (Å²) < 4.78 is 0. The Kier molecular flexibility index (Phi) is 3.42. The Morgan fingerprint density at radius 3 is 2.38 bits per heavy atom. The molecule has 2 fully saturated rings. The molecule has 3 unspecified atom stereocenters. The first kappa shape index (κ1) is 11.3. The molecule has 0 amide bonds. The molecule has 0 heterocycles. The van der Waals surface area contributed by atoms with Gasteiger partial charge in [0.25, 0.3) is 0 Å². The maximum atomic E-state index is 3.75. The number of hydrogen-bond donors (Lipinski definition) is 0. The third-order valence-electron chi connectivity index (χ3n) is 5.14. The van der Waals surface area contributed by atoms with Crippen molar-refractivity contribution < 1.29 is 0 Å². The molecule has 1 heteroatoms. The van der Waals surface area contributed by atoms with Crippen molar-refractivity contribution >= 4 is 15.9 Å². The summed E-state index contributed by atoms with van der Waals surface area (Å²) in [6, 6.07) is 0. The fourth-order valence-corrected chi connectivity index (χ4v) is 4.62. The third kappa shape index (κ3) is 2.39. The van der Waals surface area contributed by atoms with Gasteiger partial charge in [-0.2, -0.15) is 0 Å². The Bertz CT molecular complexity index is 263. The smallest absolute Gasteiger partial charge is 0.0146 e. The monoisotopic (exact) mass is 282 g/mol. The summed E-state index contributed by atoms with van der Waals surface area (Å²) in [5.41, 5.74) is 0. The lowest BCUT2D eigenvalue weighted by Gasteiger charge is -2.27. The van der Waals surface area contributed by atoms with Gasteiger partial charge < -0.3 is 0 Å². The van der Waals surface area contributed by atoms with E-state index in [1.54, 1.807) is 0 Å². The summed E-state index contributed by atoms with van der Waals surface area (Å²) in [5.74, 6) is 4.04. The first-order valence-corrected chi connectivity index (χ1v) is 8.05. The Balaban J connectivity index is 1.42. The number of alkyl halides is 1. The molecule has 0 aromatic rings. The fourth-order valence-electron chi connectivity index (χ4n) is 4.09. The summed E-state index contributed by atoms with van der Waals surface area (Å²) >= 11 is 3.75. The largest absolute Gasteiger partial charge is 0.0891 e. The Hall–Kier alpha value is 0.220. The maximum absolute atomic E-state index is 3.75. The van der Waals surface area contributed by atoms with Gasteiger partial charge in [0.2, 0.25) is 0 Å². The SMILES string of the molecule is BrC1CCC(CCC2CC3C=CC2C3)CC1. The minimum Gasteiger partial charge on any atom is -0.0891 e. The molecule has 3 rings (SSSR count). The van der Waals surface area contributed by atoms with Gasteiger partial charge >= 0.3 is 0 Å². The average Bonchev–Trinajstić information content (AvgIpc) is 2.90. The number of allylic oxidation sites excluding steroid dienone is 2. The van der Waals surface area contributed by atoms with Crippen LogP contribution >= 0.6 is 15.9 Å². The zero-order valence-electron chi connectivity index (χ0n) is 10.1. The van der Waals surface area contributed by atoms with Gasteiger partial charge in [-0.15, -0.1) is 0 Å². The van der Waals surface area contributed by atoms with E-state index in [1.807, 2.05) is 0 Å². The van der Waals surface area contributed by atoms with Crippen molar-refractivity contribution in [1.82, 2.24) is 0 Å². The second kappa shape index (κ2) is 4.84. The molecule has 0 aromatic carbocycles. The summed E-state index contributed by atoms with van der Waals surface area (Å²) in [6.07, 6.45) is 16.8. The first-order valence-electron chi connectivity index (χ1n) is 7.13. The van der Waals surface area contributed by atoms with Gasteiger partial charge in [0.05, 0.1) is 0 Å². The lowest BCUT2D eigenvalue weighted by Crippen LogP contribution is -2.16. The van der Waals surface area contributed by atoms with E-state index in [1.165, 1.54) is 51.4 Å². The molecular formula is C15H23Br. The fraction of sp³-hybridized carbons (Fsp3) is 0.867. The van der Waals surface area contributed by atoms with E-state index in [0.29, 0.717) is 0 Å².